The molecule has 0 unspecified atom stereocenters. The quantitative estimate of drug-likeness (QED) is 0.361. The Hall–Kier alpha value is -2.58. The monoisotopic (exact) mass is 468 g/mol. The summed E-state index contributed by atoms with van der Waals surface area (Å²) in [5.41, 5.74) is 3.52. The van der Waals surface area contributed by atoms with Gasteiger partial charge in [-0.1, -0.05) is 11.6 Å². The maximum absolute atomic E-state index is 12.0. The van der Waals surface area contributed by atoms with E-state index in [0.717, 1.165) is 0 Å². The zero-order chi connectivity index (χ0) is 20.5. The average Bonchev–Trinajstić information content (AvgIpc) is 2.67. The van der Waals surface area contributed by atoms with Gasteiger partial charge in [0.05, 0.1) is 24.4 Å². The Labute approximate surface area is 175 Å². The fourth-order valence-electron chi connectivity index (χ4n) is 2.09. The van der Waals surface area contributed by atoms with Gasteiger partial charge in [0.1, 0.15) is 0 Å². The number of rotatable bonds is 8. The van der Waals surface area contributed by atoms with Gasteiger partial charge in [-0.05, 0) is 64.8 Å². The zero-order valence-electron chi connectivity index (χ0n) is 15.2. The van der Waals surface area contributed by atoms with Crippen LogP contribution in [0.3, 0.4) is 0 Å². The molecule has 0 aromatic heterocycles. The molecule has 1 amide bonds. The van der Waals surface area contributed by atoms with Crippen molar-refractivity contribution in [2.75, 3.05) is 20.3 Å². The summed E-state index contributed by atoms with van der Waals surface area (Å²) in [6.45, 7) is 1.97. The van der Waals surface area contributed by atoms with Crippen molar-refractivity contribution >= 4 is 45.6 Å². The fourth-order valence-corrected chi connectivity index (χ4v) is 2.79. The van der Waals surface area contributed by atoms with Gasteiger partial charge in [-0.15, -0.1) is 0 Å². The number of nitrogens with one attached hydrogen (secondary N) is 1. The van der Waals surface area contributed by atoms with E-state index in [1.807, 2.05) is 6.92 Å². The van der Waals surface area contributed by atoms with Crippen molar-refractivity contribution in [3.63, 3.8) is 0 Å². The van der Waals surface area contributed by atoms with Crippen LogP contribution < -0.4 is 14.9 Å². The molecule has 2 rings (SSSR count). The number of hydrogen-bond acceptors (Lipinski definition) is 6. The third kappa shape index (κ3) is 6.24. The first-order chi connectivity index (χ1) is 13.4. The highest BCUT2D eigenvalue weighted by molar-refractivity contribution is 9.10. The molecular formula is C19H18BrClN2O5. The molecule has 0 heterocycles. The lowest BCUT2D eigenvalue weighted by Crippen LogP contribution is -2.17. The molecule has 9 heteroatoms. The van der Waals surface area contributed by atoms with E-state index in [1.54, 1.807) is 36.4 Å². The maximum atomic E-state index is 12.0. The van der Waals surface area contributed by atoms with Gasteiger partial charge in [0.25, 0.3) is 5.91 Å². The van der Waals surface area contributed by atoms with Crippen molar-refractivity contribution < 1.29 is 23.8 Å². The lowest BCUT2D eigenvalue weighted by Gasteiger charge is -2.13. The number of nitrogens with zero attached hydrogens (tertiary/aromatic N) is 1. The molecule has 0 aliphatic heterocycles. The summed E-state index contributed by atoms with van der Waals surface area (Å²) in [4.78, 5) is 23.3. The Kier molecular flexibility index (Phi) is 8.28. The van der Waals surface area contributed by atoms with Crippen LogP contribution in [0, 0.1) is 0 Å². The van der Waals surface area contributed by atoms with E-state index in [-0.39, 0.29) is 12.5 Å². The number of hydrogen-bond donors (Lipinski definition) is 1. The fraction of sp³-hybridized carbons (Fsp3) is 0.211. The molecule has 0 saturated carbocycles. The van der Waals surface area contributed by atoms with Crippen LogP contribution >= 0.6 is 27.5 Å². The van der Waals surface area contributed by atoms with Crippen molar-refractivity contribution in [3.05, 3.63) is 57.0 Å². The van der Waals surface area contributed by atoms with Crippen molar-refractivity contribution in [1.29, 1.82) is 0 Å². The second kappa shape index (κ2) is 10.7. The number of carbonyl (C=O) groups is 2. The van der Waals surface area contributed by atoms with Gasteiger partial charge in [-0.2, -0.15) is 5.10 Å². The number of methoxy groups -OCH3 is 1. The summed E-state index contributed by atoms with van der Waals surface area (Å²) in [6.07, 6.45) is 1.46. The summed E-state index contributed by atoms with van der Waals surface area (Å²) in [7, 11) is 1.28. The van der Waals surface area contributed by atoms with Gasteiger partial charge in [0.2, 0.25) is 0 Å². The van der Waals surface area contributed by atoms with E-state index in [1.165, 1.54) is 13.3 Å². The van der Waals surface area contributed by atoms with Crippen molar-refractivity contribution in [1.82, 2.24) is 5.43 Å². The summed E-state index contributed by atoms with van der Waals surface area (Å²) in [6, 6.07) is 9.85. The molecule has 148 valence electrons. The number of carbonyl (C=O) groups excluding carboxylic acids is 2. The first-order valence-corrected chi connectivity index (χ1v) is 9.36. The van der Waals surface area contributed by atoms with E-state index in [0.29, 0.717) is 38.7 Å². The van der Waals surface area contributed by atoms with Crippen molar-refractivity contribution in [2.24, 2.45) is 5.10 Å². The van der Waals surface area contributed by atoms with E-state index < -0.39 is 5.97 Å². The first-order valence-electron chi connectivity index (χ1n) is 8.19. The highest BCUT2D eigenvalue weighted by Crippen LogP contribution is 2.36. The van der Waals surface area contributed by atoms with E-state index in [4.69, 9.17) is 21.1 Å². The SMILES string of the molecule is CCOc1cc(/C=N\NC(=O)c2ccc(Cl)cc2)cc(Br)c1OCC(=O)OC. The number of hydrazone groups is 1. The molecule has 28 heavy (non-hydrogen) atoms. The summed E-state index contributed by atoms with van der Waals surface area (Å²) in [5, 5.41) is 4.50. The minimum atomic E-state index is -0.509. The Morgan fingerprint density at radius 3 is 2.57 bits per heavy atom. The second-order valence-electron chi connectivity index (χ2n) is 5.33. The highest BCUT2D eigenvalue weighted by atomic mass is 79.9. The van der Waals surface area contributed by atoms with Crippen LogP contribution in [0.4, 0.5) is 0 Å². The largest absolute Gasteiger partial charge is 0.490 e. The van der Waals surface area contributed by atoms with Crippen molar-refractivity contribution in [3.8, 4) is 11.5 Å². The third-order valence-corrected chi connectivity index (χ3v) is 4.22. The normalized spacial score (nSPS) is 10.6. The van der Waals surface area contributed by atoms with Gasteiger partial charge in [-0.25, -0.2) is 10.2 Å². The minimum absolute atomic E-state index is 0.250. The molecule has 0 fully saturated rings. The molecule has 0 atom stereocenters. The van der Waals surface area contributed by atoms with Crippen LogP contribution in [-0.4, -0.2) is 38.4 Å². The predicted octanol–water partition coefficient (Wildman–Crippen LogP) is 3.82. The number of halogens is 2. The van der Waals surface area contributed by atoms with Crippen molar-refractivity contribution in [2.45, 2.75) is 6.92 Å². The number of benzene rings is 2. The molecule has 0 radical (unpaired) electrons. The Morgan fingerprint density at radius 1 is 1.21 bits per heavy atom. The van der Waals surface area contributed by atoms with Gasteiger partial charge in [0.15, 0.2) is 18.1 Å². The van der Waals surface area contributed by atoms with Crippen LogP contribution in [0.25, 0.3) is 0 Å². The van der Waals surface area contributed by atoms with Gasteiger partial charge in [-0.3, -0.25) is 4.79 Å². The first kappa shape index (κ1) is 21.7. The van der Waals surface area contributed by atoms with Gasteiger partial charge in [0, 0.05) is 10.6 Å². The average molecular weight is 470 g/mol. The number of esters is 1. The third-order valence-electron chi connectivity index (χ3n) is 3.38. The zero-order valence-corrected chi connectivity index (χ0v) is 17.5. The molecule has 0 saturated heterocycles. The Balaban J connectivity index is 2.12. The van der Waals surface area contributed by atoms with Crippen LogP contribution in [0.1, 0.15) is 22.8 Å². The molecule has 0 aliphatic rings. The Morgan fingerprint density at radius 2 is 1.93 bits per heavy atom. The predicted molar refractivity (Wildman–Crippen MR) is 109 cm³/mol. The van der Waals surface area contributed by atoms with Gasteiger partial charge < -0.3 is 14.2 Å². The minimum Gasteiger partial charge on any atom is -0.490 e. The van der Waals surface area contributed by atoms with Gasteiger partial charge >= 0.3 is 5.97 Å². The number of amides is 1. The molecule has 1 N–H and O–H groups in total. The van der Waals surface area contributed by atoms with Crippen LogP contribution in [-0.2, 0) is 9.53 Å². The molecule has 2 aromatic carbocycles. The van der Waals surface area contributed by atoms with Crippen LogP contribution in [0.5, 0.6) is 11.5 Å². The second-order valence-corrected chi connectivity index (χ2v) is 6.62. The molecule has 7 nitrogen and oxygen atoms in total. The summed E-state index contributed by atoms with van der Waals surface area (Å²) in [5.74, 6) is -0.0826. The molecule has 2 aromatic rings. The molecule has 0 bridgehead atoms. The molecule has 0 spiro atoms. The summed E-state index contributed by atoms with van der Waals surface area (Å²) < 4.78 is 16.2. The van der Waals surface area contributed by atoms with E-state index in [9.17, 15) is 9.59 Å². The van der Waals surface area contributed by atoms with E-state index in [2.05, 4.69) is 31.2 Å². The Bertz CT molecular complexity index is 871. The highest BCUT2D eigenvalue weighted by Gasteiger charge is 2.14. The maximum Gasteiger partial charge on any atom is 0.343 e. The van der Waals surface area contributed by atoms with Crippen LogP contribution in [0.15, 0.2) is 46.0 Å². The van der Waals surface area contributed by atoms with E-state index >= 15 is 0 Å². The molecule has 0 aliphatic carbocycles. The lowest BCUT2D eigenvalue weighted by atomic mass is 10.2. The smallest absolute Gasteiger partial charge is 0.343 e. The standard InChI is InChI=1S/C19H18BrClN2O5/c1-3-27-16-9-12(8-15(20)18(16)28-11-17(24)26-2)10-22-23-19(25)13-4-6-14(21)7-5-13/h4-10H,3,11H2,1-2H3,(H,23,25)/b22-10-. The summed E-state index contributed by atoms with van der Waals surface area (Å²) >= 11 is 9.19. The lowest BCUT2D eigenvalue weighted by molar-refractivity contribution is -0.142. The topological polar surface area (TPSA) is 86.2 Å². The molecular weight excluding hydrogens is 452 g/mol. The number of ether oxygens (including phenoxy) is 3. The van der Waals surface area contributed by atoms with Crippen LogP contribution in [0.2, 0.25) is 5.02 Å².